The van der Waals surface area contributed by atoms with Crippen LogP contribution in [0.25, 0.3) is 0 Å². The number of para-hydroxylation sites is 3. The van der Waals surface area contributed by atoms with Crippen LogP contribution in [0.2, 0.25) is 0 Å². The van der Waals surface area contributed by atoms with E-state index in [1.165, 1.54) is 24.3 Å². The van der Waals surface area contributed by atoms with Gasteiger partial charge in [-0.05, 0) is 61.6 Å². The van der Waals surface area contributed by atoms with Crippen molar-refractivity contribution >= 4 is 27.5 Å². The monoisotopic (exact) mass is 593 g/mol. The van der Waals surface area contributed by atoms with Crippen molar-refractivity contribution in [1.29, 1.82) is 0 Å². The van der Waals surface area contributed by atoms with E-state index in [1.807, 2.05) is 18.2 Å². The SMILES string of the molecule is CCN(CC)CCN1CCN(C(=O)CNC(=O)c2ccc(S(=O)(=O)Nc3ccccc3Oc3ccccc3)cc2)CC1. The molecule has 0 spiro atoms. The molecule has 0 saturated carbocycles. The van der Waals surface area contributed by atoms with Crippen molar-refractivity contribution in [1.82, 2.24) is 20.0 Å². The zero-order valence-corrected chi connectivity index (χ0v) is 25.0. The lowest BCUT2D eigenvalue weighted by molar-refractivity contribution is -0.131. The number of sulfonamides is 1. The summed E-state index contributed by atoms with van der Waals surface area (Å²) in [5.74, 6) is 0.353. The van der Waals surface area contributed by atoms with Gasteiger partial charge in [0.25, 0.3) is 15.9 Å². The lowest BCUT2D eigenvalue weighted by Gasteiger charge is -2.35. The molecule has 42 heavy (non-hydrogen) atoms. The lowest BCUT2D eigenvalue weighted by atomic mass is 10.2. The van der Waals surface area contributed by atoms with Gasteiger partial charge in [-0.15, -0.1) is 0 Å². The molecule has 2 amide bonds. The second-order valence-corrected chi connectivity index (χ2v) is 11.7. The van der Waals surface area contributed by atoms with Gasteiger partial charge in [0, 0.05) is 44.8 Å². The van der Waals surface area contributed by atoms with Crippen LogP contribution >= 0.6 is 0 Å². The predicted molar refractivity (Wildman–Crippen MR) is 163 cm³/mol. The van der Waals surface area contributed by atoms with E-state index in [4.69, 9.17) is 4.74 Å². The number of benzene rings is 3. The Morgan fingerprint density at radius 2 is 1.50 bits per heavy atom. The quantitative estimate of drug-likeness (QED) is 0.312. The zero-order chi connectivity index (χ0) is 30.0. The van der Waals surface area contributed by atoms with Gasteiger partial charge >= 0.3 is 0 Å². The number of likely N-dealkylation sites (N-methyl/N-ethyl adjacent to an activating group) is 1. The molecule has 3 aromatic rings. The summed E-state index contributed by atoms with van der Waals surface area (Å²) in [4.78, 5) is 31.9. The molecule has 0 radical (unpaired) electrons. The van der Waals surface area contributed by atoms with Gasteiger partial charge in [-0.25, -0.2) is 8.42 Å². The lowest BCUT2D eigenvalue weighted by Crippen LogP contribution is -2.52. The van der Waals surface area contributed by atoms with Gasteiger partial charge in [-0.1, -0.05) is 44.2 Å². The number of rotatable bonds is 13. The molecular weight excluding hydrogens is 554 g/mol. The van der Waals surface area contributed by atoms with Crippen LogP contribution in [0.5, 0.6) is 11.5 Å². The van der Waals surface area contributed by atoms with Crippen LogP contribution in [0.3, 0.4) is 0 Å². The molecule has 1 aliphatic heterocycles. The minimum atomic E-state index is -3.96. The highest BCUT2D eigenvalue weighted by Crippen LogP contribution is 2.30. The summed E-state index contributed by atoms with van der Waals surface area (Å²) >= 11 is 0. The highest BCUT2D eigenvalue weighted by Gasteiger charge is 2.22. The Hall–Kier alpha value is -3.93. The number of anilines is 1. The highest BCUT2D eigenvalue weighted by molar-refractivity contribution is 7.92. The maximum Gasteiger partial charge on any atom is 0.262 e. The van der Waals surface area contributed by atoms with E-state index in [-0.39, 0.29) is 28.6 Å². The third kappa shape index (κ3) is 8.54. The number of amides is 2. The number of piperazine rings is 1. The minimum absolute atomic E-state index is 0.0106. The number of nitrogens with one attached hydrogen (secondary N) is 2. The van der Waals surface area contributed by atoms with Gasteiger partial charge in [-0.2, -0.15) is 0 Å². The number of hydrogen-bond donors (Lipinski definition) is 2. The van der Waals surface area contributed by atoms with E-state index in [9.17, 15) is 18.0 Å². The van der Waals surface area contributed by atoms with Gasteiger partial charge in [0.1, 0.15) is 5.75 Å². The summed E-state index contributed by atoms with van der Waals surface area (Å²) < 4.78 is 34.6. The molecule has 0 atom stereocenters. The summed E-state index contributed by atoms with van der Waals surface area (Å²) in [6.07, 6.45) is 0. The van der Waals surface area contributed by atoms with E-state index in [0.717, 1.165) is 39.3 Å². The zero-order valence-electron chi connectivity index (χ0n) is 24.2. The molecule has 10 nitrogen and oxygen atoms in total. The third-order valence-corrected chi connectivity index (χ3v) is 8.66. The van der Waals surface area contributed by atoms with Crippen LogP contribution < -0.4 is 14.8 Å². The van der Waals surface area contributed by atoms with Crippen LogP contribution in [0.4, 0.5) is 5.69 Å². The van der Waals surface area contributed by atoms with Crippen molar-refractivity contribution in [3.05, 3.63) is 84.4 Å². The fraction of sp³-hybridized carbons (Fsp3) is 0.355. The Balaban J connectivity index is 1.27. The van der Waals surface area contributed by atoms with Crippen molar-refractivity contribution in [3.63, 3.8) is 0 Å². The Bertz CT molecular complexity index is 1420. The first-order chi connectivity index (χ1) is 20.3. The van der Waals surface area contributed by atoms with E-state index in [2.05, 4.69) is 33.7 Å². The van der Waals surface area contributed by atoms with Crippen molar-refractivity contribution in [2.75, 3.05) is 63.6 Å². The average molecular weight is 594 g/mol. The number of hydrogen-bond acceptors (Lipinski definition) is 7. The predicted octanol–water partition coefficient (Wildman–Crippen LogP) is 3.50. The topological polar surface area (TPSA) is 111 Å². The number of ether oxygens (including phenoxy) is 1. The van der Waals surface area contributed by atoms with Crippen LogP contribution in [-0.4, -0.2) is 93.8 Å². The Kier molecular flexibility index (Phi) is 10.9. The fourth-order valence-corrected chi connectivity index (χ4v) is 5.73. The van der Waals surface area contributed by atoms with Gasteiger partial charge in [0.05, 0.1) is 17.1 Å². The largest absolute Gasteiger partial charge is 0.455 e. The molecule has 3 aromatic carbocycles. The summed E-state index contributed by atoms with van der Waals surface area (Å²) in [5, 5.41) is 2.66. The Labute approximate surface area is 248 Å². The van der Waals surface area contributed by atoms with Gasteiger partial charge in [0.15, 0.2) is 5.75 Å². The first-order valence-corrected chi connectivity index (χ1v) is 15.7. The van der Waals surface area contributed by atoms with Crippen LogP contribution in [0.1, 0.15) is 24.2 Å². The molecule has 0 aliphatic carbocycles. The molecule has 0 aromatic heterocycles. The van der Waals surface area contributed by atoms with Crippen molar-refractivity contribution < 1.29 is 22.7 Å². The number of nitrogens with zero attached hydrogens (tertiary/aromatic N) is 3. The molecule has 1 fully saturated rings. The molecule has 1 saturated heterocycles. The second-order valence-electron chi connectivity index (χ2n) is 9.97. The van der Waals surface area contributed by atoms with Gasteiger partial charge in [0.2, 0.25) is 5.91 Å². The normalized spacial score (nSPS) is 14.0. The van der Waals surface area contributed by atoms with Crippen molar-refractivity contribution in [2.24, 2.45) is 0 Å². The molecular formula is C31H39N5O5S. The van der Waals surface area contributed by atoms with E-state index < -0.39 is 15.9 Å². The molecule has 1 heterocycles. The highest BCUT2D eigenvalue weighted by atomic mass is 32.2. The summed E-state index contributed by atoms with van der Waals surface area (Å²) in [6.45, 7) is 11.2. The smallest absolute Gasteiger partial charge is 0.262 e. The Morgan fingerprint density at radius 3 is 2.17 bits per heavy atom. The van der Waals surface area contributed by atoms with E-state index >= 15 is 0 Å². The molecule has 11 heteroatoms. The van der Waals surface area contributed by atoms with Gasteiger partial charge < -0.3 is 19.9 Å². The number of carbonyl (C=O) groups is 2. The maximum atomic E-state index is 13.1. The second kappa shape index (κ2) is 14.8. The third-order valence-electron chi connectivity index (χ3n) is 7.28. The molecule has 0 bridgehead atoms. The molecule has 224 valence electrons. The minimum Gasteiger partial charge on any atom is -0.455 e. The molecule has 4 rings (SSSR count). The van der Waals surface area contributed by atoms with Crippen LogP contribution in [-0.2, 0) is 14.8 Å². The Morgan fingerprint density at radius 1 is 0.857 bits per heavy atom. The van der Waals surface area contributed by atoms with Crippen LogP contribution in [0, 0.1) is 0 Å². The van der Waals surface area contributed by atoms with Gasteiger partial charge in [-0.3, -0.25) is 19.2 Å². The molecule has 2 N–H and O–H groups in total. The summed E-state index contributed by atoms with van der Waals surface area (Å²) in [6, 6.07) is 21.4. The summed E-state index contributed by atoms with van der Waals surface area (Å²) in [5.41, 5.74) is 0.544. The number of carbonyl (C=O) groups excluding carboxylic acids is 2. The standard InChI is InChI=1S/C31H39N5O5S/c1-3-34(4-2)18-19-35-20-22-36(23-21-35)30(37)24-32-31(38)25-14-16-27(17-15-25)42(39,40)33-28-12-8-9-13-29(28)41-26-10-6-5-7-11-26/h5-17,33H,3-4,18-24H2,1-2H3,(H,32,38). The first kappa shape index (κ1) is 31.0. The van der Waals surface area contributed by atoms with Crippen molar-refractivity contribution in [3.8, 4) is 11.5 Å². The van der Waals surface area contributed by atoms with E-state index in [1.54, 1.807) is 41.3 Å². The van der Waals surface area contributed by atoms with Crippen LogP contribution in [0.15, 0.2) is 83.8 Å². The molecule has 1 aliphatic rings. The first-order valence-electron chi connectivity index (χ1n) is 14.2. The maximum absolute atomic E-state index is 13.1. The van der Waals surface area contributed by atoms with Crippen molar-refractivity contribution in [2.45, 2.75) is 18.7 Å². The fourth-order valence-electron chi connectivity index (χ4n) is 4.66. The van der Waals surface area contributed by atoms with E-state index in [0.29, 0.717) is 24.6 Å². The summed E-state index contributed by atoms with van der Waals surface area (Å²) in [7, 11) is -3.96. The average Bonchev–Trinajstić information content (AvgIpc) is 3.02. The molecule has 0 unspecified atom stereocenters.